The number of aromatic nitrogens is 2. The molecule has 0 fully saturated rings. The standard InChI is InChI=1S/C11H9N3O2S/c1-7(9-3-2-4-17-9)14-6-8(5-12)10(15)13-11(14)16/h2-4,6-7H,1H3,(H,13,15,16). The van der Waals surface area contributed by atoms with Gasteiger partial charge in [-0.15, -0.1) is 11.3 Å². The monoisotopic (exact) mass is 247 g/mol. The Labute approximate surface area is 101 Å². The lowest BCUT2D eigenvalue weighted by atomic mass is 10.2. The van der Waals surface area contributed by atoms with Crippen molar-refractivity contribution >= 4 is 11.3 Å². The summed E-state index contributed by atoms with van der Waals surface area (Å²) in [4.78, 5) is 26.0. The zero-order valence-corrected chi connectivity index (χ0v) is 9.82. The fourth-order valence-electron chi connectivity index (χ4n) is 1.52. The molecule has 1 unspecified atom stereocenters. The number of nitrogens with zero attached hydrogens (tertiary/aromatic N) is 2. The molecule has 2 heterocycles. The average molecular weight is 247 g/mol. The van der Waals surface area contributed by atoms with Crippen LogP contribution in [0.15, 0.2) is 33.3 Å². The van der Waals surface area contributed by atoms with E-state index in [1.54, 1.807) is 6.07 Å². The van der Waals surface area contributed by atoms with Crippen molar-refractivity contribution in [1.82, 2.24) is 9.55 Å². The van der Waals surface area contributed by atoms with Crippen LogP contribution in [0, 0.1) is 11.3 Å². The van der Waals surface area contributed by atoms with Crippen molar-refractivity contribution < 1.29 is 0 Å². The van der Waals surface area contributed by atoms with Crippen molar-refractivity contribution in [2.75, 3.05) is 0 Å². The predicted molar refractivity (Wildman–Crippen MR) is 64.2 cm³/mol. The van der Waals surface area contributed by atoms with E-state index in [1.807, 2.05) is 24.4 Å². The maximum Gasteiger partial charge on any atom is 0.328 e. The normalized spacial score (nSPS) is 12.0. The van der Waals surface area contributed by atoms with Gasteiger partial charge in [-0.3, -0.25) is 14.3 Å². The van der Waals surface area contributed by atoms with Gasteiger partial charge in [-0.25, -0.2) is 4.79 Å². The molecular formula is C11H9N3O2S. The molecule has 0 radical (unpaired) electrons. The number of rotatable bonds is 2. The molecule has 1 atom stereocenters. The first-order valence-electron chi connectivity index (χ1n) is 4.92. The fourth-order valence-corrected chi connectivity index (χ4v) is 2.30. The molecule has 17 heavy (non-hydrogen) atoms. The molecule has 0 aliphatic heterocycles. The summed E-state index contributed by atoms with van der Waals surface area (Å²) in [5.41, 5.74) is -1.21. The molecule has 0 spiro atoms. The summed E-state index contributed by atoms with van der Waals surface area (Å²) in [7, 11) is 0. The lowest BCUT2D eigenvalue weighted by Crippen LogP contribution is -2.32. The van der Waals surface area contributed by atoms with Crippen LogP contribution in [0.25, 0.3) is 0 Å². The van der Waals surface area contributed by atoms with E-state index in [0.717, 1.165) is 4.88 Å². The highest BCUT2D eigenvalue weighted by Gasteiger charge is 2.12. The highest BCUT2D eigenvalue weighted by Crippen LogP contribution is 2.20. The zero-order chi connectivity index (χ0) is 12.4. The Morgan fingerprint density at radius 2 is 2.29 bits per heavy atom. The minimum absolute atomic E-state index is 0.0620. The van der Waals surface area contributed by atoms with E-state index >= 15 is 0 Å². The second-order valence-electron chi connectivity index (χ2n) is 3.51. The average Bonchev–Trinajstić information content (AvgIpc) is 2.82. The van der Waals surface area contributed by atoms with E-state index < -0.39 is 11.2 Å². The Bertz CT molecular complexity index is 676. The van der Waals surface area contributed by atoms with Crippen LogP contribution in [0.3, 0.4) is 0 Å². The fraction of sp³-hybridized carbons (Fsp3) is 0.182. The van der Waals surface area contributed by atoms with Crippen molar-refractivity contribution in [2.24, 2.45) is 0 Å². The van der Waals surface area contributed by atoms with E-state index in [-0.39, 0.29) is 11.6 Å². The maximum atomic E-state index is 11.6. The molecule has 0 aromatic carbocycles. The van der Waals surface area contributed by atoms with Crippen molar-refractivity contribution in [3.63, 3.8) is 0 Å². The third-order valence-corrected chi connectivity index (χ3v) is 3.50. The quantitative estimate of drug-likeness (QED) is 0.862. The number of hydrogen-bond donors (Lipinski definition) is 1. The summed E-state index contributed by atoms with van der Waals surface area (Å²) in [5.74, 6) is 0. The molecule has 6 heteroatoms. The van der Waals surface area contributed by atoms with Crippen LogP contribution in [-0.2, 0) is 0 Å². The molecule has 2 aromatic heterocycles. The van der Waals surface area contributed by atoms with Crippen molar-refractivity contribution in [3.8, 4) is 6.07 Å². The zero-order valence-electron chi connectivity index (χ0n) is 9.01. The third-order valence-electron chi connectivity index (χ3n) is 2.46. The van der Waals surface area contributed by atoms with Gasteiger partial charge in [0, 0.05) is 11.1 Å². The molecule has 0 saturated carbocycles. The van der Waals surface area contributed by atoms with Crippen LogP contribution in [-0.4, -0.2) is 9.55 Å². The number of nitriles is 1. The van der Waals surface area contributed by atoms with Crippen molar-refractivity contribution in [3.05, 3.63) is 55.0 Å². The first kappa shape index (κ1) is 11.4. The topological polar surface area (TPSA) is 78.7 Å². The van der Waals surface area contributed by atoms with Crippen LogP contribution in [0.1, 0.15) is 23.4 Å². The van der Waals surface area contributed by atoms with Gasteiger partial charge in [0.15, 0.2) is 0 Å². The maximum absolute atomic E-state index is 11.6. The highest BCUT2D eigenvalue weighted by atomic mass is 32.1. The molecule has 0 aliphatic rings. The molecule has 0 saturated heterocycles. The molecule has 2 rings (SSSR count). The summed E-state index contributed by atoms with van der Waals surface area (Å²) < 4.78 is 1.35. The lowest BCUT2D eigenvalue weighted by molar-refractivity contribution is 0.602. The van der Waals surface area contributed by atoms with Gasteiger partial charge in [-0.1, -0.05) is 6.07 Å². The molecule has 1 N–H and O–H groups in total. The number of aromatic amines is 1. The van der Waals surface area contributed by atoms with E-state index in [4.69, 9.17) is 5.26 Å². The van der Waals surface area contributed by atoms with Crippen LogP contribution in [0.5, 0.6) is 0 Å². The smallest absolute Gasteiger partial charge is 0.291 e. The number of nitrogens with one attached hydrogen (secondary N) is 1. The molecular weight excluding hydrogens is 238 g/mol. The first-order chi connectivity index (χ1) is 8.13. The Hall–Kier alpha value is -2.13. The van der Waals surface area contributed by atoms with E-state index in [2.05, 4.69) is 4.98 Å². The van der Waals surface area contributed by atoms with Gasteiger partial charge in [-0.2, -0.15) is 5.26 Å². The molecule has 0 amide bonds. The Kier molecular flexibility index (Phi) is 2.93. The number of thiophene rings is 1. The van der Waals surface area contributed by atoms with Gasteiger partial charge in [0.1, 0.15) is 11.6 Å². The Morgan fingerprint density at radius 3 is 2.88 bits per heavy atom. The van der Waals surface area contributed by atoms with Gasteiger partial charge in [0.2, 0.25) is 0 Å². The van der Waals surface area contributed by atoms with E-state index in [0.29, 0.717) is 0 Å². The Morgan fingerprint density at radius 1 is 1.53 bits per heavy atom. The largest absolute Gasteiger partial charge is 0.328 e. The van der Waals surface area contributed by atoms with E-state index in [1.165, 1.54) is 22.1 Å². The van der Waals surface area contributed by atoms with Gasteiger partial charge < -0.3 is 0 Å². The SMILES string of the molecule is CC(c1cccs1)n1cc(C#N)c(=O)[nH]c1=O. The second-order valence-corrected chi connectivity index (χ2v) is 4.49. The summed E-state index contributed by atoms with van der Waals surface area (Å²) in [5, 5.41) is 10.7. The molecule has 5 nitrogen and oxygen atoms in total. The molecule has 0 bridgehead atoms. The number of hydrogen-bond acceptors (Lipinski definition) is 4. The number of H-pyrrole nitrogens is 1. The minimum Gasteiger partial charge on any atom is -0.291 e. The van der Waals surface area contributed by atoms with Crippen LogP contribution in [0.4, 0.5) is 0 Å². The van der Waals surface area contributed by atoms with Crippen molar-refractivity contribution in [1.29, 1.82) is 5.26 Å². The van der Waals surface area contributed by atoms with Gasteiger partial charge >= 0.3 is 5.69 Å². The second kappa shape index (κ2) is 4.39. The molecule has 86 valence electrons. The summed E-state index contributed by atoms with van der Waals surface area (Å²) in [6.45, 7) is 1.84. The molecule has 0 aliphatic carbocycles. The summed E-state index contributed by atoms with van der Waals surface area (Å²) in [6.07, 6.45) is 1.30. The predicted octanol–water partition coefficient (Wildman–Crippen LogP) is 1.08. The Balaban J connectivity index is 2.57. The highest BCUT2D eigenvalue weighted by molar-refractivity contribution is 7.10. The van der Waals surface area contributed by atoms with Crippen LogP contribution in [0.2, 0.25) is 0 Å². The van der Waals surface area contributed by atoms with Crippen LogP contribution >= 0.6 is 11.3 Å². The van der Waals surface area contributed by atoms with Crippen LogP contribution < -0.4 is 11.2 Å². The van der Waals surface area contributed by atoms with Gasteiger partial charge in [-0.05, 0) is 18.4 Å². The van der Waals surface area contributed by atoms with Gasteiger partial charge in [0.05, 0.1) is 6.04 Å². The van der Waals surface area contributed by atoms with Gasteiger partial charge in [0.25, 0.3) is 5.56 Å². The lowest BCUT2D eigenvalue weighted by Gasteiger charge is -2.12. The molecule has 2 aromatic rings. The first-order valence-corrected chi connectivity index (χ1v) is 5.80. The summed E-state index contributed by atoms with van der Waals surface area (Å²) in [6, 6.07) is 5.35. The van der Waals surface area contributed by atoms with Crippen molar-refractivity contribution in [2.45, 2.75) is 13.0 Å². The summed E-state index contributed by atoms with van der Waals surface area (Å²) >= 11 is 1.52. The minimum atomic E-state index is -0.646. The third kappa shape index (κ3) is 2.05. The van der Waals surface area contributed by atoms with E-state index in [9.17, 15) is 9.59 Å².